The number of hydrogen-bond donors (Lipinski definition) is 2. The zero-order valence-electron chi connectivity index (χ0n) is 10.1. The number of para-hydroxylation sites is 1. The van der Waals surface area contributed by atoms with Gasteiger partial charge in [0.15, 0.2) is 0 Å². The fourth-order valence-corrected chi connectivity index (χ4v) is 1.61. The van der Waals surface area contributed by atoms with Gasteiger partial charge >= 0.3 is 0 Å². The highest BCUT2D eigenvalue weighted by Gasteiger charge is 2.10. The monoisotopic (exact) mass is 245 g/mol. The second-order valence-corrected chi connectivity index (χ2v) is 3.93. The van der Waals surface area contributed by atoms with Crippen LogP contribution >= 0.6 is 0 Å². The summed E-state index contributed by atoms with van der Waals surface area (Å²) in [4.78, 5) is 23.5. The molecule has 1 heterocycles. The number of amides is 1. The van der Waals surface area contributed by atoms with Gasteiger partial charge in [0.25, 0.3) is 11.5 Å². The van der Waals surface area contributed by atoms with Crippen LogP contribution in [0.25, 0.3) is 5.69 Å². The number of hydrogen-bond acceptors (Lipinski definition) is 2. The molecule has 0 aliphatic carbocycles. The molecule has 2 N–H and O–H groups in total. The van der Waals surface area contributed by atoms with E-state index >= 15 is 0 Å². The number of rotatable bonds is 4. The van der Waals surface area contributed by atoms with Gasteiger partial charge < -0.3 is 5.32 Å². The largest absolute Gasteiger partial charge is 0.351 e. The average molecular weight is 245 g/mol. The van der Waals surface area contributed by atoms with Gasteiger partial charge in [-0.1, -0.05) is 25.1 Å². The molecular formula is C13H15N3O2. The van der Waals surface area contributed by atoms with E-state index < -0.39 is 0 Å². The lowest BCUT2D eigenvalue weighted by atomic mass is 10.3. The number of carbonyl (C=O) groups is 1. The minimum absolute atomic E-state index is 0.247. The number of H-pyrrole nitrogens is 1. The van der Waals surface area contributed by atoms with Gasteiger partial charge in [0.2, 0.25) is 0 Å². The Morgan fingerprint density at radius 3 is 2.72 bits per heavy atom. The number of aromatic amines is 1. The van der Waals surface area contributed by atoms with E-state index in [4.69, 9.17) is 0 Å². The topological polar surface area (TPSA) is 66.9 Å². The summed E-state index contributed by atoms with van der Waals surface area (Å²) in [5.74, 6) is -0.261. The molecule has 0 saturated carbocycles. The first kappa shape index (κ1) is 12.2. The van der Waals surface area contributed by atoms with E-state index in [0.717, 1.165) is 6.42 Å². The molecule has 0 aliphatic rings. The third kappa shape index (κ3) is 2.51. The summed E-state index contributed by atoms with van der Waals surface area (Å²) in [5.41, 5.74) is 0.734. The third-order valence-corrected chi connectivity index (χ3v) is 2.52. The van der Waals surface area contributed by atoms with Gasteiger partial charge in [-0.15, -0.1) is 0 Å². The lowest BCUT2D eigenvalue weighted by Crippen LogP contribution is -2.24. The lowest BCUT2D eigenvalue weighted by molar-refractivity contribution is 0.0948. The Morgan fingerprint density at radius 1 is 1.33 bits per heavy atom. The highest BCUT2D eigenvalue weighted by atomic mass is 16.2. The number of nitrogens with zero attached hydrogens (tertiary/aromatic N) is 1. The highest BCUT2D eigenvalue weighted by Crippen LogP contribution is 2.03. The number of benzene rings is 1. The quantitative estimate of drug-likeness (QED) is 0.852. The van der Waals surface area contributed by atoms with Gasteiger partial charge in [0, 0.05) is 12.6 Å². The number of carbonyl (C=O) groups excluding carboxylic acids is 1. The molecule has 0 fully saturated rings. The molecule has 0 unspecified atom stereocenters. The minimum atomic E-state index is -0.261. The van der Waals surface area contributed by atoms with E-state index in [-0.39, 0.29) is 17.2 Å². The molecule has 5 nitrogen and oxygen atoms in total. The van der Waals surface area contributed by atoms with Crippen molar-refractivity contribution in [1.82, 2.24) is 15.1 Å². The normalized spacial score (nSPS) is 10.3. The summed E-state index contributed by atoms with van der Waals surface area (Å²) in [6.45, 7) is 2.57. The molecule has 1 aromatic heterocycles. The molecule has 2 rings (SSSR count). The van der Waals surface area contributed by atoms with Crippen molar-refractivity contribution in [1.29, 1.82) is 0 Å². The molecule has 0 saturated heterocycles. The van der Waals surface area contributed by atoms with Gasteiger partial charge in [-0.05, 0) is 18.6 Å². The smallest absolute Gasteiger partial charge is 0.271 e. The fraction of sp³-hybridized carbons (Fsp3) is 0.231. The van der Waals surface area contributed by atoms with Crippen LogP contribution in [-0.2, 0) is 0 Å². The predicted octanol–water partition coefficient (Wildman–Crippen LogP) is 1.31. The maximum atomic E-state index is 11.8. The van der Waals surface area contributed by atoms with Crippen molar-refractivity contribution >= 4 is 5.91 Å². The fourth-order valence-electron chi connectivity index (χ4n) is 1.61. The maximum Gasteiger partial charge on any atom is 0.271 e. The van der Waals surface area contributed by atoms with Gasteiger partial charge in [0.05, 0.1) is 5.69 Å². The van der Waals surface area contributed by atoms with Crippen LogP contribution < -0.4 is 10.9 Å². The number of nitrogens with one attached hydrogen (secondary N) is 2. The Hall–Kier alpha value is -2.30. The summed E-state index contributed by atoms with van der Waals surface area (Å²) in [5, 5.41) is 5.52. The van der Waals surface area contributed by atoms with Crippen molar-refractivity contribution in [3.05, 3.63) is 52.4 Å². The zero-order chi connectivity index (χ0) is 13.0. The van der Waals surface area contributed by atoms with Crippen LogP contribution in [-0.4, -0.2) is 22.2 Å². The van der Waals surface area contributed by atoms with Crippen LogP contribution in [0.5, 0.6) is 0 Å². The van der Waals surface area contributed by atoms with Crippen LogP contribution in [0.3, 0.4) is 0 Å². The predicted molar refractivity (Wildman–Crippen MR) is 69.0 cm³/mol. The molecule has 1 amide bonds. The average Bonchev–Trinajstić information content (AvgIpc) is 2.79. The first-order chi connectivity index (χ1) is 8.72. The molecule has 0 radical (unpaired) electrons. The molecule has 5 heteroatoms. The van der Waals surface area contributed by atoms with E-state index in [9.17, 15) is 9.59 Å². The van der Waals surface area contributed by atoms with Crippen LogP contribution in [0, 0.1) is 0 Å². The summed E-state index contributed by atoms with van der Waals surface area (Å²) in [6, 6.07) is 10.4. The van der Waals surface area contributed by atoms with Crippen LogP contribution in [0.15, 0.2) is 41.2 Å². The first-order valence-corrected chi connectivity index (χ1v) is 5.88. The third-order valence-electron chi connectivity index (χ3n) is 2.52. The molecule has 0 spiro atoms. The Balaban J connectivity index is 2.28. The highest BCUT2D eigenvalue weighted by molar-refractivity contribution is 5.92. The van der Waals surface area contributed by atoms with E-state index in [1.807, 2.05) is 25.1 Å². The molecule has 0 atom stereocenters. The van der Waals surface area contributed by atoms with Crippen molar-refractivity contribution in [3.8, 4) is 5.69 Å². The van der Waals surface area contributed by atoms with Gasteiger partial charge in [-0.2, -0.15) is 0 Å². The standard InChI is InChI=1S/C13H15N3O2/c1-2-8-14-13(18)11-9-12(17)16(15-11)10-6-4-3-5-7-10/h3-7,9,15H,2,8H2,1H3,(H,14,18). The summed E-state index contributed by atoms with van der Waals surface area (Å²) in [6.07, 6.45) is 0.857. The van der Waals surface area contributed by atoms with Crippen molar-refractivity contribution in [3.63, 3.8) is 0 Å². The summed E-state index contributed by atoms with van der Waals surface area (Å²) in [7, 11) is 0. The Labute approximate surface area is 104 Å². The molecule has 0 aliphatic heterocycles. The second kappa shape index (κ2) is 5.35. The molecule has 18 heavy (non-hydrogen) atoms. The van der Waals surface area contributed by atoms with Gasteiger partial charge in [0.1, 0.15) is 5.69 Å². The Bertz CT molecular complexity index is 584. The van der Waals surface area contributed by atoms with Crippen molar-refractivity contribution in [2.75, 3.05) is 6.54 Å². The minimum Gasteiger partial charge on any atom is -0.351 e. The summed E-state index contributed by atoms with van der Waals surface area (Å²) < 4.78 is 1.35. The summed E-state index contributed by atoms with van der Waals surface area (Å²) >= 11 is 0. The van der Waals surface area contributed by atoms with Gasteiger partial charge in [-0.3, -0.25) is 14.7 Å². The number of aromatic nitrogens is 2. The second-order valence-electron chi connectivity index (χ2n) is 3.93. The van der Waals surface area contributed by atoms with Crippen LogP contribution in [0.1, 0.15) is 23.8 Å². The van der Waals surface area contributed by atoms with Gasteiger partial charge in [-0.25, -0.2) is 4.68 Å². The van der Waals surface area contributed by atoms with Crippen molar-refractivity contribution < 1.29 is 4.79 Å². The van der Waals surface area contributed by atoms with E-state index in [0.29, 0.717) is 12.2 Å². The molecular weight excluding hydrogens is 230 g/mol. The van der Waals surface area contributed by atoms with Crippen LogP contribution in [0.2, 0.25) is 0 Å². The molecule has 1 aromatic carbocycles. The lowest BCUT2D eigenvalue weighted by Gasteiger charge is -2.02. The van der Waals surface area contributed by atoms with Crippen molar-refractivity contribution in [2.24, 2.45) is 0 Å². The van der Waals surface area contributed by atoms with E-state index in [1.54, 1.807) is 12.1 Å². The van der Waals surface area contributed by atoms with E-state index in [1.165, 1.54) is 10.7 Å². The van der Waals surface area contributed by atoms with E-state index in [2.05, 4.69) is 10.4 Å². The maximum absolute atomic E-state index is 11.8. The molecule has 94 valence electrons. The Morgan fingerprint density at radius 2 is 2.06 bits per heavy atom. The Kier molecular flexibility index (Phi) is 3.62. The SMILES string of the molecule is CCCNC(=O)c1cc(=O)n(-c2ccccc2)[nH]1. The molecule has 2 aromatic rings. The zero-order valence-corrected chi connectivity index (χ0v) is 10.1. The van der Waals surface area contributed by atoms with Crippen molar-refractivity contribution in [2.45, 2.75) is 13.3 Å². The van der Waals surface area contributed by atoms with Crippen LogP contribution in [0.4, 0.5) is 0 Å². The molecule has 0 bridgehead atoms. The first-order valence-electron chi connectivity index (χ1n) is 5.88.